The summed E-state index contributed by atoms with van der Waals surface area (Å²) in [6.07, 6.45) is 1.55. The van der Waals surface area contributed by atoms with Gasteiger partial charge in [-0.15, -0.1) is 0 Å². The first-order valence-corrected chi connectivity index (χ1v) is 11.1. The van der Waals surface area contributed by atoms with Gasteiger partial charge in [0.1, 0.15) is 6.04 Å². The molecule has 0 saturated carbocycles. The van der Waals surface area contributed by atoms with Crippen LogP contribution >= 0.6 is 34.8 Å². The Morgan fingerprint density at radius 3 is 2.33 bits per heavy atom. The Labute approximate surface area is 193 Å². The highest BCUT2D eigenvalue weighted by Crippen LogP contribution is 2.24. The Bertz CT molecular complexity index is 889. The van der Waals surface area contributed by atoms with Gasteiger partial charge in [-0.2, -0.15) is 0 Å². The molecule has 0 bridgehead atoms. The van der Waals surface area contributed by atoms with Crippen LogP contribution in [0, 0.1) is 0 Å². The second kappa shape index (κ2) is 11.6. The summed E-state index contributed by atoms with van der Waals surface area (Å²) in [6, 6.07) is 12.1. The average molecular weight is 470 g/mol. The number of benzene rings is 2. The summed E-state index contributed by atoms with van der Waals surface area (Å²) in [4.78, 5) is 27.4. The molecule has 0 radical (unpaired) electrons. The van der Waals surface area contributed by atoms with Gasteiger partial charge in [0.15, 0.2) is 0 Å². The Morgan fingerprint density at radius 2 is 1.70 bits per heavy atom. The highest BCUT2D eigenvalue weighted by Gasteiger charge is 2.26. The molecule has 0 aliphatic rings. The van der Waals surface area contributed by atoms with Crippen LogP contribution in [0.4, 0.5) is 0 Å². The maximum absolute atomic E-state index is 13.1. The number of rotatable bonds is 9. The number of halogens is 3. The molecule has 30 heavy (non-hydrogen) atoms. The van der Waals surface area contributed by atoms with Crippen molar-refractivity contribution in [3.05, 3.63) is 68.7 Å². The van der Waals surface area contributed by atoms with Crippen LogP contribution in [0.25, 0.3) is 0 Å². The zero-order valence-corrected chi connectivity index (χ0v) is 19.7. The van der Waals surface area contributed by atoms with Crippen LogP contribution in [-0.4, -0.2) is 28.8 Å². The van der Waals surface area contributed by atoms with Crippen LogP contribution in [0.2, 0.25) is 15.1 Å². The molecule has 0 spiro atoms. The third-order valence-electron chi connectivity index (χ3n) is 5.07. The van der Waals surface area contributed by atoms with E-state index in [0.717, 1.165) is 17.5 Å². The van der Waals surface area contributed by atoms with E-state index in [0.29, 0.717) is 21.5 Å². The number of carbonyl (C=O) groups excluding carboxylic acids is 2. The Morgan fingerprint density at radius 1 is 1.00 bits per heavy atom. The maximum atomic E-state index is 13.1. The fraction of sp³-hybridized carbons (Fsp3) is 0.391. The number of aryl methyl sites for hydroxylation is 1. The quantitative estimate of drug-likeness (QED) is 0.496. The zero-order valence-electron chi connectivity index (χ0n) is 17.4. The van der Waals surface area contributed by atoms with E-state index in [1.807, 2.05) is 38.1 Å². The number of carbonyl (C=O) groups is 2. The first-order chi connectivity index (χ1) is 14.2. The molecule has 0 saturated heterocycles. The Balaban J connectivity index is 2.20. The van der Waals surface area contributed by atoms with Crippen molar-refractivity contribution in [2.24, 2.45) is 0 Å². The molecule has 4 nitrogen and oxygen atoms in total. The molecule has 162 valence electrons. The predicted molar refractivity (Wildman–Crippen MR) is 124 cm³/mol. The number of hydrogen-bond acceptors (Lipinski definition) is 2. The largest absolute Gasteiger partial charge is 0.352 e. The average Bonchev–Trinajstić information content (AvgIpc) is 2.73. The van der Waals surface area contributed by atoms with Crippen LogP contribution < -0.4 is 5.32 Å². The van der Waals surface area contributed by atoms with Crippen molar-refractivity contribution < 1.29 is 9.59 Å². The summed E-state index contributed by atoms with van der Waals surface area (Å²) >= 11 is 18.4. The zero-order chi connectivity index (χ0) is 22.3. The lowest BCUT2D eigenvalue weighted by molar-refractivity contribution is -0.140. The molecule has 2 unspecified atom stereocenters. The molecule has 0 aromatic heterocycles. The lowest BCUT2D eigenvalue weighted by Gasteiger charge is -2.30. The van der Waals surface area contributed by atoms with Gasteiger partial charge in [-0.25, -0.2) is 0 Å². The molecule has 7 heteroatoms. The van der Waals surface area contributed by atoms with Crippen molar-refractivity contribution in [2.75, 3.05) is 0 Å². The number of amides is 2. The minimum atomic E-state index is -0.632. The van der Waals surface area contributed by atoms with E-state index in [1.54, 1.807) is 30.0 Å². The van der Waals surface area contributed by atoms with Gasteiger partial charge in [0.25, 0.3) is 0 Å². The summed E-state index contributed by atoms with van der Waals surface area (Å²) in [5.74, 6) is -0.316. The minimum Gasteiger partial charge on any atom is -0.352 e. The van der Waals surface area contributed by atoms with Gasteiger partial charge in [0.05, 0.1) is 10.0 Å². The van der Waals surface area contributed by atoms with Crippen LogP contribution in [0.15, 0.2) is 42.5 Å². The van der Waals surface area contributed by atoms with Gasteiger partial charge in [-0.1, -0.05) is 66.0 Å². The third kappa shape index (κ3) is 6.90. The van der Waals surface area contributed by atoms with Crippen molar-refractivity contribution >= 4 is 46.6 Å². The van der Waals surface area contributed by atoms with E-state index in [-0.39, 0.29) is 30.8 Å². The minimum absolute atomic E-state index is 0.0324. The van der Waals surface area contributed by atoms with Crippen molar-refractivity contribution in [3.63, 3.8) is 0 Å². The number of nitrogens with one attached hydrogen (secondary N) is 1. The molecular weight excluding hydrogens is 443 g/mol. The van der Waals surface area contributed by atoms with Gasteiger partial charge in [-0.05, 0) is 56.0 Å². The summed E-state index contributed by atoms with van der Waals surface area (Å²) in [7, 11) is 0. The topological polar surface area (TPSA) is 49.4 Å². The molecule has 2 aromatic carbocycles. The number of nitrogens with zero attached hydrogens (tertiary/aromatic N) is 1. The molecule has 0 heterocycles. The molecule has 2 rings (SSSR count). The monoisotopic (exact) mass is 468 g/mol. The van der Waals surface area contributed by atoms with Crippen molar-refractivity contribution in [3.8, 4) is 0 Å². The third-order valence-corrected chi connectivity index (χ3v) is 6.18. The summed E-state index contributed by atoms with van der Waals surface area (Å²) in [5, 5.41) is 4.44. The van der Waals surface area contributed by atoms with Crippen LogP contribution in [0.1, 0.15) is 44.7 Å². The van der Waals surface area contributed by atoms with E-state index < -0.39 is 6.04 Å². The second-order valence-corrected chi connectivity index (χ2v) is 8.58. The molecule has 0 aliphatic heterocycles. The fourth-order valence-corrected chi connectivity index (χ4v) is 3.52. The Kier molecular flexibility index (Phi) is 9.47. The standard InChI is InChI=1S/C23H27Cl3N2O2/c1-4-15(2)27-23(30)16(3)28(14-17-9-11-20(25)21(26)13-17)22(29)12-10-18-7-5-6-8-19(18)24/h5-9,11,13,15-16H,4,10,12,14H2,1-3H3,(H,27,30). The Hall–Kier alpha value is -1.75. The van der Waals surface area contributed by atoms with Gasteiger partial charge in [-0.3, -0.25) is 9.59 Å². The van der Waals surface area contributed by atoms with Crippen LogP contribution in [0.5, 0.6) is 0 Å². The predicted octanol–water partition coefficient (Wildman–Crippen LogP) is 5.91. The van der Waals surface area contributed by atoms with E-state index in [2.05, 4.69) is 5.32 Å². The van der Waals surface area contributed by atoms with Crippen molar-refractivity contribution in [2.45, 2.75) is 58.7 Å². The lowest BCUT2D eigenvalue weighted by atomic mass is 10.1. The maximum Gasteiger partial charge on any atom is 0.242 e. The summed E-state index contributed by atoms with van der Waals surface area (Å²) in [5.41, 5.74) is 1.71. The van der Waals surface area contributed by atoms with E-state index in [9.17, 15) is 9.59 Å². The smallest absolute Gasteiger partial charge is 0.242 e. The molecule has 0 fully saturated rings. The summed E-state index contributed by atoms with van der Waals surface area (Å²) < 4.78 is 0. The molecule has 1 N–H and O–H groups in total. The van der Waals surface area contributed by atoms with E-state index in [1.165, 1.54) is 0 Å². The summed E-state index contributed by atoms with van der Waals surface area (Å²) in [6.45, 7) is 5.93. The van der Waals surface area contributed by atoms with Crippen molar-refractivity contribution in [1.29, 1.82) is 0 Å². The van der Waals surface area contributed by atoms with Gasteiger partial charge >= 0.3 is 0 Å². The van der Waals surface area contributed by atoms with E-state index >= 15 is 0 Å². The first kappa shape index (κ1) is 24.5. The number of hydrogen-bond donors (Lipinski definition) is 1. The molecule has 2 amide bonds. The normalized spacial score (nSPS) is 12.9. The molecule has 0 aliphatic carbocycles. The van der Waals surface area contributed by atoms with Gasteiger partial charge < -0.3 is 10.2 Å². The van der Waals surface area contributed by atoms with Crippen molar-refractivity contribution in [1.82, 2.24) is 10.2 Å². The second-order valence-electron chi connectivity index (χ2n) is 7.36. The van der Waals surface area contributed by atoms with E-state index in [4.69, 9.17) is 34.8 Å². The first-order valence-electron chi connectivity index (χ1n) is 10.00. The highest BCUT2D eigenvalue weighted by molar-refractivity contribution is 6.42. The van der Waals surface area contributed by atoms with Crippen LogP contribution in [-0.2, 0) is 22.6 Å². The van der Waals surface area contributed by atoms with Gasteiger partial charge in [0, 0.05) is 24.0 Å². The van der Waals surface area contributed by atoms with Gasteiger partial charge in [0.2, 0.25) is 11.8 Å². The molecule has 2 aromatic rings. The highest BCUT2D eigenvalue weighted by atomic mass is 35.5. The van der Waals surface area contributed by atoms with Crippen LogP contribution in [0.3, 0.4) is 0 Å². The lowest BCUT2D eigenvalue weighted by Crippen LogP contribution is -2.49. The SMILES string of the molecule is CCC(C)NC(=O)C(C)N(Cc1ccc(Cl)c(Cl)c1)C(=O)CCc1ccccc1Cl. The molecule has 2 atom stereocenters. The fourth-order valence-electron chi connectivity index (χ4n) is 2.97. The molecular formula is C23H27Cl3N2O2.